The van der Waals surface area contributed by atoms with Gasteiger partial charge in [0, 0.05) is 50.0 Å². The zero-order valence-electron chi connectivity index (χ0n) is 29.7. The summed E-state index contributed by atoms with van der Waals surface area (Å²) in [5, 5.41) is 5.06. The van der Waals surface area contributed by atoms with Gasteiger partial charge in [-0.05, 0) is 115 Å². The average Bonchev–Trinajstić information content (AvgIpc) is 3.73. The molecular weight excluding hydrogens is 643 g/mol. The van der Waals surface area contributed by atoms with Crippen LogP contribution >= 0.6 is 0 Å². The highest BCUT2D eigenvalue weighted by Crippen LogP contribution is 2.42. The van der Waals surface area contributed by atoms with Gasteiger partial charge in [-0.25, -0.2) is 0 Å². The lowest BCUT2D eigenvalue weighted by atomic mass is 10.0. The summed E-state index contributed by atoms with van der Waals surface area (Å²) in [6.45, 7) is 4.52. The van der Waals surface area contributed by atoms with Gasteiger partial charge < -0.3 is 14.0 Å². The molecule has 0 aliphatic heterocycles. The van der Waals surface area contributed by atoms with Crippen molar-refractivity contribution in [3.63, 3.8) is 0 Å². The molecule has 0 fully saturated rings. The third-order valence-corrected chi connectivity index (χ3v) is 11.0. The van der Waals surface area contributed by atoms with Gasteiger partial charge in [0.25, 0.3) is 0 Å². The molecule has 3 heteroatoms. The quantitative estimate of drug-likeness (QED) is 0.170. The molecule has 0 aliphatic rings. The second-order valence-electron chi connectivity index (χ2n) is 13.9. The fourth-order valence-corrected chi connectivity index (χ4v) is 8.27. The Morgan fingerprint density at radius 1 is 0.358 bits per heavy atom. The molecule has 0 saturated carbocycles. The van der Waals surface area contributed by atoms with Gasteiger partial charge in [-0.3, -0.25) is 0 Å². The SMILES string of the molecule is Cc1c(N(c2ccccc2)c2ccc(-c3ccc4c(c3)c3ccccc3n4-c3ccccc3)cc2)ccc(-n2c3ccccc3c3ccccc32)c1C. The summed E-state index contributed by atoms with van der Waals surface area (Å²) in [6, 6.07) is 68.0. The Labute approximate surface area is 309 Å². The maximum Gasteiger partial charge on any atom is 0.0541 e. The number of fused-ring (bicyclic) bond motifs is 6. The van der Waals surface area contributed by atoms with Gasteiger partial charge in [0.15, 0.2) is 0 Å². The molecule has 10 aromatic rings. The van der Waals surface area contributed by atoms with Crippen LogP contribution in [-0.2, 0) is 0 Å². The first-order chi connectivity index (χ1) is 26.2. The fraction of sp³-hybridized carbons (Fsp3) is 0.0400. The molecule has 8 aromatic carbocycles. The number of benzene rings is 8. The Hall–Kier alpha value is -6.84. The zero-order valence-corrected chi connectivity index (χ0v) is 29.7. The predicted molar refractivity (Wildman–Crippen MR) is 225 cm³/mol. The van der Waals surface area contributed by atoms with Crippen LogP contribution in [0.1, 0.15) is 11.1 Å². The highest BCUT2D eigenvalue weighted by molar-refractivity contribution is 6.11. The van der Waals surface area contributed by atoms with E-state index in [1.54, 1.807) is 0 Å². The van der Waals surface area contributed by atoms with Gasteiger partial charge >= 0.3 is 0 Å². The van der Waals surface area contributed by atoms with E-state index >= 15 is 0 Å². The van der Waals surface area contributed by atoms with Gasteiger partial charge in [0.1, 0.15) is 0 Å². The van der Waals surface area contributed by atoms with Crippen LogP contribution in [0, 0.1) is 13.8 Å². The summed E-state index contributed by atoms with van der Waals surface area (Å²) in [5.74, 6) is 0. The van der Waals surface area contributed by atoms with E-state index in [1.807, 2.05) is 0 Å². The molecule has 53 heavy (non-hydrogen) atoms. The van der Waals surface area contributed by atoms with E-state index in [2.05, 4.69) is 216 Å². The number of para-hydroxylation sites is 5. The van der Waals surface area contributed by atoms with E-state index in [1.165, 1.54) is 82.9 Å². The number of hydrogen-bond donors (Lipinski definition) is 0. The second kappa shape index (κ2) is 12.4. The van der Waals surface area contributed by atoms with Crippen molar-refractivity contribution in [3.05, 3.63) is 199 Å². The monoisotopic (exact) mass is 679 g/mol. The first kappa shape index (κ1) is 30.9. The van der Waals surface area contributed by atoms with Crippen molar-refractivity contribution in [1.29, 1.82) is 0 Å². The van der Waals surface area contributed by atoms with E-state index in [9.17, 15) is 0 Å². The van der Waals surface area contributed by atoms with Crippen LogP contribution in [-0.4, -0.2) is 9.13 Å². The van der Waals surface area contributed by atoms with Crippen LogP contribution in [0.2, 0.25) is 0 Å². The second-order valence-corrected chi connectivity index (χ2v) is 13.9. The molecule has 0 N–H and O–H groups in total. The minimum Gasteiger partial charge on any atom is -0.310 e. The van der Waals surface area contributed by atoms with Gasteiger partial charge in [-0.2, -0.15) is 0 Å². The number of anilines is 3. The molecule has 0 spiro atoms. The summed E-state index contributed by atoms with van der Waals surface area (Å²) in [7, 11) is 0. The van der Waals surface area contributed by atoms with E-state index in [-0.39, 0.29) is 0 Å². The standard InChI is InChI=1S/C50H37N3/c1-34-35(2)46(53-48-23-13-9-19-41(48)42-20-10-14-24-49(42)53)32-31-45(34)51(38-15-5-3-6-16-38)40-28-25-36(26-29-40)37-27-30-50-44(33-37)43-21-11-12-22-47(43)52(50)39-17-7-4-8-18-39/h3-33H,1-2H3. The molecule has 252 valence electrons. The molecule has 0 saturated heterocycles. The van der Waals surface area contributed by atoms with Crippen molar-refractivity contribution in [1.82, 2.24) is 9.13 Å². The van der Waals surface area contributed by atoms with Crippen molar-refractivity contribution in [2.24, 2.45) is 0 Å². The van der Waals surface area contributed by atoms with Crippen molar-refractivity contribution in [2.75, 3.05) is 4.90 Å². The normalized spacial score (nSPS) is 11.6. The van der Waals surface area contributed by atoms with Crippen molar-refractivity contribution in [3.8, 4) is 22.5 Å². The lowest BCUT2D eigenvalue weighted by Gasteiger charge is -2.29. The summed E-state index contributed by atoms with van der Waals surface area (Å²) >= 11 is 0. The third kappa shape index (κ3) is 4.97. The van der Waals surface area contributed by atoms with Gasteiger partial charge in [0.2, 0.25) is 0 Å². The number of aromatic nitrogens is 2. The third-order valence-electron chi connectivity index (χ3n) is 11.0. The Morgan fingerprint density at radius 3 is 1.49 bits per heavy atom. The van der Waals surface area contributed by atoms with Crippen LogP contribution in [0.4, 0.5) is 17.1 Å². The molecule has 0 unspecified atom stereocenters. The molecule has 0 radical (unpaired) electrons. The van der Waals surface area contributed by atoms with E-state index in [0.29, 0.717) is 0 Å². The van der Waals surface area contributed by atoms with Crippen LogP contribution in [0.25, 0.3) is 66.1 Å². The van der Waals surface area contributed by atoms with Gasteiger partial charge in [0.05, 0.1) is 22.1 Å². The lowest BCUT2D eigenvalue weighted by molar-refractivity contribution is 1.12. The molecule has 0 aliphatic carbocycles. The summed E-state index contributed by atoms with van der Waals surface area (Å²) in [5.41, 5.74) is 15.6. The van der Waals surface area contributed by atoms with Gasteiger partial charge in [-0.1, -0.05) is 109 Å². The lowest BCUT2D eigenvalue weighted by Crippen LogP contribution is -2.12. The van der Waals surface area contributed by atoms with Crippen molar-refractivity contribution >= 4 is 60.7 Å². The highest BCUT2D eigenvalue weighted by Gasteiger charge is 2.20. The number of rotatable bonds is 6. The Kier molecular flexibility index (Phi) is 7.26. The van der Waals surface area contributed by atoms with E-state index < -0.39 is 0 Å². The molecule has 0 atom stereocenters. The largest absolute Gasteiger partial charge is 0.310 e. The van der Waals surface area contributed by atoms with E-state index in [4.69, 9.17) is 0 Å². The first-order valence-corrected chi connectivity index (χ1v) is 18.3. The fourth-order valence-electron chi connectivity index (χ4n) is 8.27. The van der Waals surface area contributed by atoms with Gasteiger partial charge in [-0.15, -0.1) is 0 Å². The molecule has 3 nitrogen and oxygen atoms in total. The van der Waals surface area contributed by atoms with E-state index in [0.717, 1.165) is 11.4 Å². The molecular formula is C50H37N3. The smallest absolute Gasteiger partial charge is 0.0541 e. The van der Waals surface area contributed by atoms with Crippen LogP contribution in [0.3, 0.4) is 0 Å². The maximum absolute atomic E-state index is 2.42. The molecule has 0 amide bonds. The Bertz CT molecular complexity index is 2900. The molecule has 2 heterocycles. The Morgan fingerprint density at radius 2 is 0.849 bits per heavy atom. The topological polar surface area (TPSA) is 13.1 Å². The molecule has 0 bridgehead atoms. The zero-order chi connectivity index (χ0) is 35.5. The average molecular weight is 680 g/mol. The van der Waals surface area contributed by atoms with Crippen molar-refractivity contribution < 1.29 is 0 Å². The molecule has 10 rings (SSSR count). The predicted octanol–water partition coefficient (Wildman–Crippen LogP) is 13.6. The number of nitrogens with zero attached hydrogens (tertiary/aromatic N) is 3. The minimum atomic E-state index is 1.12. The maximum atomic E-state index is 2.42. The number of hydrogen-bond acceptors (Lipinski definition) is 1. The van der Waals surface area contributed by atoms with Crippen LogP contribution in [0.15, 0.2) is 188 Å². The Balaban J connectivity index is 1.07. The minimum absolute atomic E-state index is 1.12. The first-order valence-electron chi connectivity index (χ1n) is 18.3. The summed E-state index contributed by atoms with van der Waals surface area (Å²) < 4.78 is 4.79. The van der Waals surface area contributed by atoms with Crippen molar-refractivity contribution in [2.45, 2.75) is 13.8 Å². The molecule has 2 aromatic heterocycles. The summed E-state index contributed by atoms with van der Waals surface area (Å²) in [4.78, 5) is 2.39. The van der Waals surface area contributed by atoms with Crippen LogP contribution in [0.5, 0.6) is 0 Å². The summed E-state index contributed by atoms with van der Waals surface area (Å²) in [6.07, 6.45) is 0. The van der Waals surface area contributed by atoms with Crippen LogP contribution < -0.4 is 4.90 Å². The highest BCUT2D eigenvalue weighted by atomic mass is 15.1.